The van der Waals surface area contributed by atoms with Crippen LogP contribution in [0.1, 0.15) is 0 Å². The van der Waals surface area contributed by atoms with Gasteiger partial charge in [0, 0.05) is 0 Å². The molecule has 5 N–H and O–H groups in total. The van der Waals surface area contributed by atoms with Gasteiger partial charge in [-0.1, -0.05) is 12.2 Å². The smallest absolute Gasteiger partial charge is 0.111 e. The van der Waals surface area contributed by atoms with Gasteiger partial charge in [-0.15, -0.1) is 0 Å². The maximum absolute atomic E-state index is 9.03. The first kappa shape index (κ1) is 7.68. The molecule has 0 aromatic heterocycles. The van der Waals surface area contributed by atoms with Gasteiger partial charge in [-0.25, -0.2) is 0 Å². The van der Waals surface area contributed by atoms with Crippen molar-refractivity contribution < 1.29 is 15.3 Å². The Labute approximate surface area is 58.6 Å². The van der Waals surface area contributed by atoms with Crippen molar-refractivity contribution >= 4 is 0 Å². The normalized spacial score (nSPS) is 47.6. The van der Waals surface area contributed by atoms with Gasteiger partial charge < -0.3 is 21.1 Å². The van der Waals surface area contributed by atoms with E-state index in [9.17, 15) is 0 Å². The third-order valence-electron chi connectivity index (χ3n) is 1.62. The number of hydrogen-bond donors (Lipinski definition) is 4. The maximum atomic E-state index is 9.03. The molecular weight excluding hydrogens is 134 g/mol. The van der Waals surface area contributed by atoms with E-state index in [4.69, 9.17) is 21.1 Å². The van der Waals surface area contributed by atoms with Gasteiger partial charge >= 0.3 is 0 Å². The van der Waals surface area contributed by atoms with Crippen LogP contribution >= 0.6 is 0 Å². The second kappa shape index (κ2) is 2.67. The highest BCUT2D eigenvalue weighted by Gasteiger charge is 2.30. The summed E-state index contributed by atoms with van der Waals surface area (Å²) in [6.07, 6.45) is -0.348. The minimum atomic E-state index is -1.15. The summed E-state index contributed by atoms with van der Waals surface area (Å²) in [5.41, 5.74) is 5.32. The molecule has 0 amide bonds. The zero-order chi connectivity index (χ0) is 7.72. The molecule has 0 heterocycles. The van der Waals surface area contributed by atoms with Crippen molar-refractivity contribution in [3.63, 3.8) is 0 Å². The number of hydrogen-bond acceptors (Lipinski definition) is 4. The van der Waals surface area contributed by atoms with E-state index in [-0.39, 0.29) is 0 Å². The first-order valence-electron chi connectivity index (χ1n) is 3.11. The molecule has 1 aliphatic carbocycles. The van der Waals surface area contributed by atoms with Crippen LogP contribution in [-0.4, -0.2) is 39.7 Å². The van der Waals surface area contributed by atoms with Gasteiger partial charge in [-0.2, -0.15) is 0 Å². The van der Waals surface area contributed by atoms with Crippen LogP contribution < -0.4 is 5.73 Å². The lowest BCUT2D eigenvalue weighted by molar-refractivity contribution is -0.0518. The molecule has 58 valence electrons. The lowest BCUT2D eigenvalue weighted by atomic mass is 9.95. The summed E-state index contributed by atoms with van der Waals surface area (Å²) >= 11 is 0. The largest absolute Gasteiger partial charge is 0.388 e. The number of aliphatic hydroxyl groups excluding tert-OH is 3. The summed E-state index contributed by atoms with van der Waals surface area (Å²) in [6.45, 7) is 0. The Morgan fingerprint density at radius 3 is 2.10 bits per heavy atom. The van der Waals surface area contributed by atoms with Gasteiger partial charge in [0.2, 0.25) is 0 Å². The molecule has 0 bridgehead atoms. The molecule has 0 unspecified atom stereocenters. The third kappa shape index (κ3) is 1.19. The molecule has 0 aromatic carbocycles. The van der Waals surface area contributed by atoms with Gasteiger partial charge in [-0.3, -0.25) is 0 Å². The van der Waals surface area contributed by atoms with Crippen LogP contribution in [0, 0.1) is 0 Å². The summed E-state index contributed by atoms with van der Waals surface area (Å²) < 4.78 is 0. The summed E-state index contributed by atoms with van der Waals surface area (Å²) in [4.78, 5) is 0. The van der Waals surface area contributed by atoms with Crippen molar-refractivity contribution in [3.05, 3.63) is 12.2 Å². The number of nitrogens with two attached hydrogens (primary N) is 1. The van der Waals surface area contributed by atoms with Crippen molar-refractivity contribution in [1.29, 1.82) is 0 Å². The standard InChI is InChI=1S/C6H11NO3/c7-3-1-2-4(8)6(10)5(3)9/h1-6,8-10H,7H2/t3-,4-,5-,6-/m1/s1. The van der Waals surface area contributed by atoms with Crippen molar-refractivity contribution in [2.45, 2.75) is 24.4 Å². The van der Waals surface area contributed by atoms with Crippen molar-refractivity contribution in [2.24, 2.45) is 5.73 Å². The van der Waals surface area contributed by atoms with Crippen LogP contribution in [0.5, 0.6) is 0 Å². The SMILES string of the molecule is N[C@@H]1C=C[C@@H](O)[C@@H](O)[C@@H]1O. The molecular formula is C6H11NO3. The van der Waals surface area contributed by atoms with E-state index in [0.717, 1.165) is 0 Å². The summed E-state index contributed by atoms with van der Waals surface area (Å²) in [5, 5.41) is 26.9. The second-order valence-electron chi connectivity index (χ2n) is 2.43. The minimum absolute atomic E-state index is 0.571. The topological polar surface area (TPSA) is 86.7 Å². The van der Waals surface area contributed by atoms with Gasteiger partial charge in [-0.05, 0) is 0 Å². The van der Waals surface area contributed by atoms with Crippen LogP contribution in [0.25, 0.3) is 0 Å². The lowest BCUT2D eigenvalue weighted by Gasteiger charge is -2.28. The molecule has 0 saturated carbocycles. The second-order valence-corrected chi connectivity index (χ2v) is 2.43. The van der Waals surface area contributed by atoms with E-state index in [1.54, 1.807) is 0 Å². The van der Waals surface area contributed by atoms with Crippen molar-refractivity contribution in [2.75, 3.05) is 0 Å². The fourth-order valence-electron chi connectivity index (χ4n) is 0.900. The number of aliphatic hydroxyl groups is 3. The molecule has 0 saturated heterocycles. The molecule has 0 fully saturated rings. The Morgan fingerprint density at radius 1 is 1.00 bits per heavy atom. The molecule has 0 aliphatic heterocycles. The Kier molecular flexibility index (Phi) is 2.05. The Bertz CT molecular complexity index is 132. The van der Waals surface area contributed by atoms with E-state index in [1.807, 2.05) is 0 Å². The lowest BCUT2D eigenvalue weighted by Crippen LogP contribution is -2.49. The van der Waals surface area contributed by atoms with Crippen LogP contribution in [0.15, 0.2) is 12.2 Å². The molecule has 4 nitrogen and oxygen atoms in total. The fourth-order valence-corrected chi connectivity index (χ4v) is 0.900. The summed E-state index contributed by atoms with van der Waals surface area (Å²) in [5.74, 6) is 0. The average molecular weight is 145 g/mol. The third-order valence-corrected chi connectivity index (χ3v) is 1.62. The molecule has 0 radical (unpaired) electrons. The van der Waals surface area contributed by atoms with Crippen LogP contribution in [0.4, 0.5) is 0 Å². The Hall–Kier alpha value is -0.420. The number of rotatable bonds is 0. The van der Waals surface area contributed by atoms with E-state index < -0.39 is 24.4 Å². The van der Waals surface area contributed by atoms with Gasteiger partial charge in [0.15, 0.2) is 0 Å². The van der Waals surface area contributed by atoms with Gasteiger partial charge in [0.25, 0.3) is 0 Å². The molecule has 0 aromatic rings. The summed E-state index contributed by atoms with van der Waals surface area (Å²) in [7, 11) is 0. The first-order chi connectivity index (χ1) is 4.63. The molecule has 1 rings (SSSR count). The van der Waals surface area contributed by atoms with Crippen molar-refractivity contribution in [1.82, 2.24) is 0 Å². The average Bonchev–Trinajstić information content (AvgIpc) is 1.93. The Balaban J connectivity index is 2.69. The maximum Gasteiger partial charge on any atom is 0.111 e. The predicted molar refractivity (Wildman–Crippen MR) is 35.1 cm³/mol. The minimum Gasteiger partial charge on any atom is -0.388 e. The van der Waals surface area contributed by atoms with Crippen molar-refractivity contribution in [3.8, 4) is 0 Å². The zero-order valence-electron chi connectivity index (χ0n) is 5.38. The van der Waals surface area contributed by atoms with E-state index in [0.29, 0.717) is 0 Å². The molecule has 4 heteroatoms. The first-order valence-corrected chi connectivity index (χ1v) is 3.11. The monoisotopic (exact) mass is 145 g/mol. The van der Waals surface area contributed by atoms with Crippen LogP contribution in [0.2, 0.25) is 0 Å². The van der Waals surface area contributed by atoms with Crippen LogP contribution in [-0.2, 0) is 0 Å². The molecule has 4 atom stereocenters. The van der Waals surface area contributed by atoms with E-state index in [2.05, 4.69) is 0 Å². The fraction of sp³-hybridized carbons (Fsp3) is 0.667. The zero-order valence-corrected chi connectivity index (χ0v) is 5.38. The highest BCUT2D eigenvalue weighted by atomic mass is 16.4. The van der Waals surface area contributed by atoms with E-state index in [1.165, 1.54) is 12.2 Å². The highest BCUT2D eigenvalue weighted by molar-refractivity contribution is 5.09. The van der Waals surface area contributed by atoms with E-state index >= 15 is 0 Å². The highest BCUT2D eigenvalue weighted by Crippen LogP contribution is 2.11. The summed E-state index contributed by atoms with van der Waals surface area (Å²) in [6, 6.07) is -0.571. The predicted octanol–water partition coefficient (Wildman–Crippen LogP) is -2.03. The molecule has 0 spiro atoms. The molecule has 10 heavy (non-hydrogen) atoms. The van der Waals surface area contributed by atoms with Gasteiger partial charge in [0.1, 0.15) is 18.3 Å². The van der Waals surface area contributed by atoms with Gasteiger partial charge in [0.05, 0.1) is 6.04 Å². The Morgan fingerprint density at radius 2 is 1.60 bits per heavy atom. The molecule has 1 aliphatic rings. The quantitative estimate of drug-likeness (QED) is 0.296. The van der Waals surface area contributed by atoms with Crippen LogP contribution in [0.3, 0.4) is 0 Å².